The summed E-state index contributed by atoms with van der Waals surface area (Å²) < 4.78 is 0. The number of hydrogen-bond acceptors (Lipinski definition) is 4. The zero-order chi connectivity index (χ0) is 43.5. The van der Waals surface area contributed by atoms with E-state index in [1.54, 1.807) is 31.0 Å². The van der Waals surface area contributed by atoms with Crippen molar-refractivity contribution in [2.24, 2.45) is 0 Å². The van der Waals surface area contributed by atoms with Gasteiger partial charge in [0.05, 0.1) is 0 Å². The Kier molecular flexibility index (Phi) is 94.5. The van der Waals surface area contributed by atoms with Crippen LogP contribution in [0.2, 0.25) is 0 Å². The minimum absolute atomic E-state index is 0. The van der Waals surface area contributed by atoms with Crippen molar-refractivity contribution in [3.05, 3.63) is 156 Å². The van der Waals surface area contributed by atoms with Crippen molar-refractivity contribution >= 4 is 0 Å². The zero-order valence-corrected chi connectivity index (χ0v) is 56.0. The van der Waals surface area contributed by atoms with Crippen molar-refractivity contribution in [1.29, 1.82) is 0 Å². The molecule has 60 heavy (non-hydrogen) atoms. The Morgan fingerprint density at radius 1 is 0.383 bits per heavy atom. The summed E-state index contributed by atoms with van der Waals surface area (Å²) in [6, 6.07) is 32.1. The molecule has 5 rings (SSSR count). The van der Waals surface area contributed by atoms with Gasteiger partial charge in [0, 0.05) is 164 Å². The van der Waals surface area contributed by atoms with Crippen LogP contribution in [0.5, 0.6) is 0 Å². The maximum absolute atomic E-state index is 4.12. The number of benzene rings is 1. The Morgan fingerprint density at radius 3 is 1.10 bits per heavy atom. The third-order valence-electron chi connectivity index (χ3n) is 6.30. The molecule has 5 aromatic rings. The first-order chi connectivity index (χ1) is 26.5. The Hall–Kier alpha value is 1.34. The first kappa shape index (κ1) is 84.7. The van der Waals surface area contributed by atoms with Crippen LogP contribution >= 0.6 is 0 Å². The fraction of sp³-hybridized carbons (Fsp3) is 0.490. The molecule has 0 aliphatic heterocycles. The van der Waals surface area contributed by atoms with Gasteiger partial charge in [-0.25, -0.2) is 23.8 Å². The first-order valence-electron chi connectivity index (χ1n) is 20.8. The van der Waals surface area contributed by atoms with Crippen LogP contribution in [0, 0.1) is 30.5 Å². The molecule has 4 nitrogen and oxygen atoms in total. The van der Waals surface area contributed by atoms with E-state index in [9.17, 15) is 0 Å². The van der Waals surface area contributed by atoms with E-state index in [1.807, 2.05) is 130 Å². The minimum Gasteiger partial charge on any atom is -0.394 e. The second-order valence-corrected chi connectivity index (χ2v) is 11.8. The number of pyridine rings is 4. The molecule has 0 aliphatic rings. The van der Waals surface area contributed by atoms with Crippen LogP contribution < -0.4 is 0 Å². The van der Waals surface area contributed by atoms with Gasteiger partial charge in [0.1, 0.15) is 0 Å². The molecule has 1 aromatic carbocycles. The molecule has 0 N–H and O–H groups in total. The van der Waals surface area contributed by atoms with Gasteiger partial charge in [0.2, 0.25) is 0 Å². The third kappa shape index (κ3) is 53.7. The van der Waals surface area contributed by atoms with Gasteiger partial charge in [-0.2, -0.15) is 72.3 Å². The number of hydrogen-bond donors (Lipinski definition) is 0. The van der Waals surface area contributed by atoms with Crippen LogP contribution in [-0.2, 0) is 164 Å². The second kappa shape index (κ2) is 66.9. The van der Waals surface area contributed by atoms with Gasteiger partial charge in [0.25, 0.3) is 0 Å². The van der Waals surface area contributed by atoms with E-state index in [4.69, 9.17) is 0 Å². The van der Waals surface area contributed by atoms with Gasteiger partial charge in [-0.15, -0.1) is 11.1 Å². The number of aromatic nitrogens is 4. The average molecular weight is 1190 g/mol. The minimum atomic E-state index is 0. The Labute approximate surface area is 500 Å². The van der Waals surface area contributed by atoms with Crippen LogP contribution in [0.15, 0.2) is 97.8 Å². The molecule has 4 aromatic heterocycles. The normalized spacial score (nSPS) is 8.08. The van der Waals surface area contributed by atoms with Crippen molar-refractivity contribution in [3.8, 4) is 0 Å². The topological polar surface area (TPSA) is 51.6 Å². The fourth-order valence-electron chi connectivity index (χ4n) is 3.42. The zero-order valence-electron chi connectivity index (χ0n) is 41.8. The molecule has 325 valence electrons. The van der Waals surface area contributed by atoms with E-state index < -0.39 is 0 Å². The maximum Gasteiger partial charge on any atom is 0 e. The van der Waals surface area contributed by atoms with E-state index in [0.29, 0.717) is 29.6 Å². The summed E-state index contributed by atoms with van der Waals surface area (Å²) in [5.74, 6) is 2.74. The number of rotatable bonds is 5. The molecule has 0 atom stereocenters. The molecule has 0 unspecified atom stereocenters. The van der Waals surface area contributed by atoms with Crippen molar-refractivity contribution in [1.82, 2.24) is 19.9 Å². The van der Waals surface area contributed by atoms with Crippen LogP contribution in [0.3, 0.4) is 0 Å². The summed E-state index contributed by atoms with van der Waals surface area (Å²) in [6.45, 7) is 41.4. The summed E-state index contributed by atoms with van der Waals surface area (Å²) in [5, 5.41) is 0. The van der Waals surface area contributed by atoms with E-state index in [0.717, 1.165) is 5.69 Å². The van der Waals surface area contributed by atoms with Crippen LogP contribution in [0.25, 0.3) is 0 Å². The predicted molar refractivity (Wildman–Crippen MR) is 245 cm³/mol. The van der Waals surface area contributed by atoms with E-state index in [-0.39, 0.29) is 164 Å². The van der Waals surface area contributed by atoms with Gasteiger partial charge in [-0.05, 0) is 29.4 Å². The maximum atomic E-state index is 4.12. The fourth-order valence-corrected chi connectivity index (χ4v) is 3.42. The molecule has 0 amide bonds. The molecule has 4 heterocycles. The smallest absolute Gasteiger partial charge is 0 e. The molecule has 0 spiro atoms. The van der Waals surface area contributed by atoms with Gasteiger partial charge < -0.3 is 19.9 Å². The summed E-state index contributed by atoms with van der Waals surface area (Å²) in [4.78, 5) is 15.9. The van der Waals surface area contributed by atoms with Gasteiger partial charge in [0.15, 0.2) is 0 Å². The van der Waals surface area contributed by atoms with Crippen molar-refractivity contribution in [3.63, 3.8) is 0 Å². The van der Waals surface area contributed by atoms with Gasteiger partial charge in [-0.1, -0.05) is 188 Å². The van der Waals surface area contributed by atoms with Crippen molar-refractivity contribution in [2.45, 2.75) is 168 Å². The first-order valence-corrected chi connectivity index (χ1v) is 20.8. The molecule has 9 heteroatoms. The van der Waals surface area contributed by atoms with E-state index in [1.165, 1.54) is 22.3 Å². The standard InChI is InChI=1S/C9H11.4C8H10N.5C2H6.5Y/c1-8(2)9-6-4-3-5-7-9;1-7(2)8-3-5-9-6-4-8;2*1-7(2)8-4-3-5-9-6-8;1-7(2)8-5-3-4-6-9-8;5*1-2;;;;;/h3-6,8H,1-2H3;2*3,5-7H,1-2H3;3-5,7H,1-2H3;3-4,6-7H,1-2H3;5*1-2H3;;;;;/q5*-1;;;;;;;;;;. The molecular formula is C51H81N4Y5-5. The molecule has 0 saturated heterocycles. The molecular weight excluding hydrogens is 1110 g/mol. The third-order valence-corrected chi connectivity index (χ3v) is 6.30. The summed E-state index contributed by atoms with van der Waals surface area (Å²) in [5.41, 5.74) is 5.91. The van der Waals surface area contributed by atoms with E-state index in [2.05, 4.69) is 126 Å². The summed E-state index contributed by atoms with van der Waals surface area (Å²) in [6.07, 6.45) is 13.6. The van der Waals surface area contributed by atoms with E-state index >= 15 is 0 Å². The second-order valence-electron chi connectivity index (χ2n) is 11.8. The predicted octanol–water partition coefficient (Wildman–Crippen LogP) is 15.7. The van der Waals surface area contributed by atoms with Crippen molar-refractivity contribution < 1.29 is 164 Å². The quantitative estimate of drug-likeness (QED) is 0.165. The molecule has 0 aliphatic carbocycles. The van der Waals surface area contributed by atoms with Crippen LogP contribution in [0.4, 0.5) is 0 Å². The largest absolute Gasteiger partial charge is 0.394 e. The van der Waals surface area contributed by atoms with Crippen molar-refractivity contribution in [2.75, 3.05) is 0 Å². The molecule has 0 saturated carbocycles. The Morgan fingerprint density at radius 2 is 0.850 bits per heavy atom. The monoisotopic (exact) mass is 1190 g/mol. The molecule has 5 radical (unpaired) electrons. The molecule has 0 bridgehead atoms. The summed E-state index contributed by atoms with van der Waals surface area (Å²) in [7, 11) is 0. The SMILES string of the molecule is CC.CC.CC.CC.CC.CC(C)c1[c-]cccc1.CC(C)c1[c-]cccn1.CC(C)c1[c-]ccnc1.CC(C)c1[c-]cncc1.CC(C)c1[c-]nccc1.[Y].[Y].[Y].[Y].[Y]. The van der Waals surface area contributed by atoms with Gasteiger partial charge in [-0.3, -0.25) is 0 Å². The van der Waals surface area contributed by atoms with Crippen LogP contribution in [0.1, 0.15) is 196 Å². The van der Waals surface area contributed by atoms with Crippen LogP contribution in [-0.4, -0.2) is 19.9 Å². The molecule has 0 fully saturated rings. The van der Waals surface area contributed by atoms with Gasteiger partial charge >= 0.3 is 0 Å². The summed E-state index contributed by atoms with van der Waals surface area (Å²) >= 11 is 0. The average Bonchev–Trinajstić information content (AvgIpc) is 3.27. The Bertz CT molecular complexity index is 1110. The Balaban J connectivity index is -0.0000000605. The number of nitrogens with zero attached hydrogens (tertiary/aromatic N) is 4.